The fraction of sp³-hybridized carbons (Fsp3) is 0.286. The predicted octanol–water partition coefficient (Wildman–Crippen LogP) is 4.63. The lowest BCUT2D eigenvalue weighted by Gasteiger charge is -2.16. The third-order valence-electron chi connectivity index (χ3n) is 4.22. The number of anilines is 1. The number of carbonyl (C=O) groups excluding carboxylic acids is 1. The van der Waals surface area contributed by atoms with Crippen LogP contribution in [0, 0.1) is 19.8 Å². The van der Waals surface area contributed by atoms with Gasteiger partial charge >= 0.3 is 0 Å². The van der Waals surface area contributed by atoms with Gasteiger partial charge in [0, 0.05) is 17.4 Å². The van der Waals surface area contributed by atoms with Crippen molar-refractivity contribution in [2.75, 3.05) is 11.1 Å². The topological polar surface area (TPSA) is 65.8 Å². The van der Waals surface area contributed by atoms with Crippen molar-refractivity contribution in [2.45, 2.75) is 27.7 Å². The van der Waals surface area contributed by atoms with E-state index in [4.69, 9.17) is 0 Å². The summed E-state index contributed by atoms with van der Waals surface area (Å²) in [5, 5.41) is 8.17. The Morgan fingerprint density at radius 2 is 1.93 bits per heavy atom. The van der Waals surface area contributed by atoms with Crippen molar-refractivity contribution in [1.82, 2.24) is 5.43 Å². The molecule has 0 fully saturated rings. The predicted molar refractivity (Wildman–Crippen MR) is 115 cm³/mol. The second-order valence-electron chi connectivity index (χ2n) is 6.89. The van der Waals surface area contributed by atoms with Gasteiger partial charge in [0.15, 0.2) is 5.17 Å². The normalized spacial score (nSPS) is 15.4. The monoisotopic (exact) mass is 380 g/mol. The molecule has 2 aromatic rings. The van der Waals surface area contributed by atoms with E-state index in [1.807, 2.05) is 44.2 Å². The number of nitrogens with zero attached hydrogens (tertiary/aromatic N) is 2. The van der Waals surface area contributed by atoms with Crippen molar-refractivity contribution in [1.29, 1.82) is 0 Å². The lowest BCUT2D eigenvalue weighted by Crippen LogP contribution is -2.25. The minimum absolute atomic E-state index is 0.0160. The molecule has 0 aromatic heterocycles. The van der Waals surface area contributed by atoms with Gasteiger partial charge in [0.05, 0.1) is 11.4 Å². The lowest BCUT2D eigenvalue weighted by atomic mass is 10.1. The largest absolute Gasteiger partial charge is 0.326 e. The van der Waals surface area contributed by atoms with Gasteiger partial charge in [-0.3, -0.25) is 10.2 Å². The van der Waals surface area contributed by atoms with Crippen LogP contribution in [0.4, 0.5) is 11.4 Å². The van der Waals surface area contributed by atoms with Gasteiger partial charge in [-0.2, -0.15) is 5.10 Å². The summed E-state index contributed by atoms with van der Waals surface area (Å²) >= 11 is 1.63. The number of thioether (sulfide) groups is 1. The highest BCUT2D eigenvalue weighted by Crippen LogP contribution is 2.23. The van der Waals surface area contributed by atoms with E-state index in [2.05, 4.69) is 46.8 Å². The van der Waals surface area contributed by atoms with Crippen molar-refractivity contribution < 1.29 is 4.79 Å². The summed E-state index contributed by atoms with van der Waals surface area (Å²) in [7, 11) is 0. The molecule has 1 aliphatic rings. The van der Waals surface area contributed by atoms with Gasteiger partial charge in [0.1, 0.15) is 0 Å². The first-order chi connectivity index (χ1) is 12.9. The second kappa shape index (κ2) is 8.39. The number of rotatable bonds is 4. The van der Waals surface area contributed by atoms with E-state index in [0.717, 1.165) is 39.1 Å². The Balaban J connectivity index is 1.68. The van der Waals surface area contributed by atoms with Gasteiger partial charge < -0.3 is 5.32 Å². The summed E-state index contributed by atoms with van der Waals surface area (Å²) in [6, 6.07) is 14.0. The fourth-order valence-corrected chi connectivity index (χ4v) is 3.37. The van der Waals surface area contributed by atoms with Crippen LogP contribution in [-0.4, -0.2) is 22.5 Å². The maximum absolute atomic E-state index is 11.8. The van der Waals surface area contributed by atoms with E-state index in [9.17, 15) is 4.79 Å². The average molecular weight is 381 g/mol. The van der Waals surface area contributed by atoms with Crippen LogP contribution < -0.4 is 10.7 Å². The first-order valence-electron chi connectivity index (χ1n) is 8.95. The average Bonchev–Trinajstić information content (AvgIpc) is 2.65. The van der Waals surface area contributed by atoms with Crippen molar-refractivity contribution in [3.8, 4) is 0 Å². The van der Waals surface area contributed by atoms with Crippen LogP contribution in [0.1, 0.15) is 30.5 Å². The Bertz CT molecular complexity index is 901. The minimum Gasteiger partial charge on any atom is -0.326 e. The summed E-state index contributed by atoms with van der Waals surface area (Å²) in [4.78, 5) is 16.4. The third-order valence-corrected chi connectivity index (χ3v) is 5.09. The molecule has 0 spiro atoms. The van der Waals surface area contributed by atoms with E-state index >= 15 is 0 Å². The zero-order valence-electron chi connectivity index (χ0n) is 16.0. The number of aryl methyl sites for hydroxylation is 2. The standard InChI is InChI=1S/C21H24N4OS/c1-13(2)20(26)22-17-8-6-16(7-9-17)19-12-27-21(25-24-19)23-18-10-5-14(3)11-15(18)4/h5-11,13H,12H2,1-4H3,(H,22,26)(H,23,25). The SMILES string of the molecule is Cc1ccc(N=C2NN=C(c3ccc(NC(=O)C(C)C)cc3)CS2)c(C)c1. The fourth-order valence-electron chi connectivity index (χ4n) is 2.59. The van der Waals surface area contributed by atoms with Crippen molar-refractivity contribution in [2.24, 2.45) is 16.0 Å². The van der Waals surface area contributed by atoms with Crippen molar-refractivity contribution >= 4 is 39.9 Å². The zero-order chi connectivity index (χ0) is 19.4. The van der Waals surface area contributed by atoms with Gasteiger partial charge in [-0.1, -0.05) is 55.4 Å². The maximum Gasteiger partial charge on any atom is 0.226 e. The molecule has 0 saturated heterocycles. The van der Waals surface area contributed by atoms with E-state index in [1.165, 1.54) is 5.56 Å². The quantitative estimate of drug-likeness (QED) is 0.813. The van der Waals surface area contributed by atoms with Crippen LogP contribution in [0.5, 0.6) is 0 Å². The Morgan fingerprint density at radius 1 is 1.19 bits per heavy atom. The van der Waals surface area contributed by atoms with Gasteiger partial charge in [-0.05, 0) is 43.2 Å². The number of hydrogen-bond donors (Lipinski definition) is 2. The highest BCUT2D eigenvalue weighted by molar-refractivity contribution is 8.14. The van der Waals surface area contributed by atoms with Gasteiger partial charge in [-0.15, -0.1) is 0 Å². The molecule has 2 aromatic carbocycles. The number of amides is 1. The zero-order valence-corrected chi connectivity index (χ0v) is 16.9. The van der Waals surface area contributed by atoms with Crippen LogP contribution in [0.15, 0.2) is 52.6 Å². The Labute approximate surface area is 164 Å². The molecule has 0 aliphatic carbocycles. The van der Waals surface area contributed by atoms with Gasteiger partial charge in [0.25, 0.3) is 0 Å². The first-order valence-corrected chi connectivity index (χ1v) is 9.93. The Morgan fingerprint density at radius 3 is 2.52 bits per heavy atom. The Hall–Kier alpha value is -2.60. The summed E-state index contributed by atoms with van der Waals surface area (Å²) in [6.07, 6.45) is 0. The third kappa shape index (κ3) is 4.98. The van der Waals surface area contributed by atoms with E-state index in [-0.39, 0.29) is 11.8 Å². The number of nitrogens with one attached hydrogen (secondary N) is 2. The van der Waals surface area contributed by atoms with E-state index in [0.29, 0.717) is 0 Å². The van der Waals surface area contributed by atoms with Crippen LogP contribution in [0.25, 0.3) is 0 Å². The number of carbonyl (C=O) groups is 1. The Kier molecular flexibility index (Phi) is 5.96. The number of aliphatic imine (C=N–C) groups is 1. The number of amidine groups is 1. The second-order valence-corrected chi connectivity index (χ2v) is 7.85. The molecule has 5 nitrogen and oxygen atoms in total. The summed E-state index contributed by atoms with van der Waals surface area (Å²) in [5.41, 5.74) is 9.18. The molecule has 1 aliphatic heterocycles. The van der Waals surface area contributed by atoms with Gasteiger partial charge in [-0.25, -0.2) is 4.99 Å². The molecule has 0 bridgehead atoms. The van der Waals surface area contributed by atoms with Crippen LogP contribution >= 0.6 is 11.8 Å². The molecule has 0 radical (unpaired) electrons. The molecule has 0 atom stereocenters. The molecular formula is C21H24N4OS. The van der Waals surface area contributed by atoms with Crippen LogP contribution in [0.3, 0.4) is 0 Å². The molecular weight excluding hydrogens is 356 g/mol. The highest BCUT2D eigenvalue weighted by atomic mass is 32.2. The lowest BCUT2D eigenvalue weighted by molar-refractivity contribution is -0.118. The number of hydrogen-bond acceptors (Lipinski definition) is 4. The number of hydrazone groups is 1. The molecule has 0 saturated carbocycles. The summed E-state index contributed by atoms with van der Waals surface area (Å²) in [6.45, 7) is 7.89. The molecule has 6 heteroatoms. The maximum atomic E-state index is 11.8. The summed E-state index contributed by atoms with van der Waals surface area (Å²) in [5.74, 6) is 0.721. The van der Waals surface area contributed by atoms with Crippen LogP contribution in [-0.2, 0) is 4.79 Å². The molecule has 3 rings (SSSR count). The highest BCUT2D eigenvalue weighted by Gasteiger charge is 2.14. The molecule has 2 N–H and O–H groups in total. The number of benzene rings is 2. The van der Waals surface area contributed by atoms with Crippen LogP contribution in [0.2, 0.25) is 0 Å². The van der Waals surface area contributed by atoms with Gasteiger partial charge in [0.2, 0.25) is 5.91 Å². The molecule has 1 amide bonds. The smallest absolute Gasteiger partial charge is 0.226 e. The molecule has 27 heavy (non-hydrogen) atoms. The van der Waals surface area contributed by atoms with E-state index < -0.39 is 0 Å². The molecule has 1 heterocycles. The van der Waals surface area contributed by atoms with Crippen molar-refractivity contribution in [3.05, 3.63) is 59.2 Å². The minimum atomic E-state index is -0.0390. The van der Waals surface area contributed by atoms with E-state index in [1.54, 1.807) is 11.8 Å². The van der Waals surface area contributed by atoms with Crippen molar-refractivity contribution in [3.63, 3.8) is 0 Å². The summed E-state index contributed by atoms with van der Waals surface area (Å²) < 4.78 is 0. The first kappa shape index (κ1) is 19.2. The molecule has 0 unspecified atom stereocenters. The molecule has 140 valence electrons.